The van der Waals surface area contributed by atoms with Gasteiger partial charge in [0.2, 0.25) is 0 Å². The zero-order valence-electron chi connectivity index (χ0n) is 11.9. The van der Waals surface area contributed by atoms with Crippen LogP contribution >= 0.6 is 12.2 Å². The van der Waals surface area contributed by atoms with Crippen LogP contribution in [-0.4, -0.2) is 41.5 Å². The van der Waals surface area contributed by atoms with Crippen molar-refractivity contribution in [1.29, 1.82) is 0 Å². The van der Waals surface area contributed by atoms with Gasteiger partial charge in [0.1, 0.15) is 4.99 Å². The lowest BCUT2D eigenvalue weighted by Crippen LogP contribution is -2.47. The van der Waals surface area contributed by atoms with Gasteiger partial charge in [-0.25, -0.2) is 0 Å². The van der Waals surface area contributed by atoms with E-state index in [0.29, 0.717) is 16.6 Å². The molecule has 0 radical (unpaired) electrons. The van der Waals surface area contributed by atoms with Gasteiger partial charge in [-0.05, 0) is 38.9 Å². The maximum atomic E-state index is 12.2. The number of amides is 1. The Kier molecular flexibility index (Phi) is 4.73. The third-order valence-electron chi connectivity index (χ3n) is 3.98. The van der Waals surface area contributed by atoms with Crippen LogP contribution in [0.2, 0.25) is 0 Å². The fourth-order valence-electron chi connectivity index (χ4n) is 2.48. The van der Waals surface area contributed by atoms with Crippen LogP contribution < -0.4 is 11.1 Å². The summed E-state index contributed by atoms with van der Waals surface area (Å²) in [5, 5.41) is 3.11. The highest BCUT2D eigenvalue weighted by atomic mass is 32.1. The van der Waals surface area contributed by atoms with Gasteiger partial charge < -0.3 is 16.0 Å². The molecule has 5 heteroatoms. The first-order valence-corrected chi connectivity index (χ1v) is 7.29. The topological polar surface area (TPSA) is 58.4 Å². The quantitative estimate of drug-likeness (QED) is 0.829. The van der Waals surface area contributed by atoms with Crippen LogP contribution in [-0.2, 0) is 0 Å². The predicted octanol–water partition coefficient (Wildman–Crippen LogP) is 1.53. The molecule has 0 bridgehead atoms. The Balaban J connectivity index is 1.96. The van der Waals surface area contributed by atoms with Gasteiger partial charge in [-0.3, -0.25) is 4.79 Å². The first-order chi connectivity index (χ1) is 9.47. The van der Waals surface area contributed by atoms with Gasteiger partial charge in [-0.15, -0.1) is 0 Å². The van der Waals surface area contributed by atoms with Crippen molar-refractivity contribution in [2.75, 3.05) is 13.6 Å². The third-order valence-corrected chi connectivity index (χ3v) is 4.21. The molecule has 2 rings (SSSR count). The van der Waals surface area contributed by atoms with E-state index in [0.717, 1.165) is 24.9 Å². The van der Waals surface area contributed by atoms with Gasteiger partial charge in [0.15, 0.2) is 0 Å². The second-order valence-corrected chi connectivity index (χ2v) is 5.91. The lowest BCUT2D eigenvalue weighted by Gasteiger charge is -2.35. The fraction of sp³-hybridized carbons (Fsp3) is 0.467. The molecule has 108 valence electrons. The Hall–Kier alpha value is -1.46. The van der Waals surface area contributed by atoms with Crippen LogP contribution in [0.4, 0.5) is 0 Å². The SMILES string of the molecule is CC1CC(NC(=O)c2ccc(C(N)=S)cc2)CCN1C. The molecule has 1 amide bonds. The number of carbonyl (C=O) groups excluding carboxylic acids is 1. The number of likely N-dealkylation sites (tertiary alicyclic amines) is 1. The van der Waals surface area contributed by atoms with Crippen LogP contribution in [0.3, 0.4) is 0 Å². The number of nitrogens with one attached hydrogen (secondary N) is 1. The van der Waals surface area contributed by atoms with E-state index >= 15 is 0 Å². The number of rotatable bonds is 3. The van der Waals surface area contributed by atoms with E-state index in [4.69, 9.17) is 18.0 Å². The summed E-state index contributed by atoms with van der Waals surface area (Å²) >= 11 is 4.90. The maximum Gasteiger partial charge on any atom is 0.251 e. The zero-order chi connectivity index (χ0) is 14.7. The van der Waals surface area contributed by atoms with E-state index in [9.17, 15) is 4.79 Å². The van der Waals surface area contributed by atoms with E-state index in [1.807, 2.05) is 0 Å². The molecule has 1 aliphatic heterocycles. The summed E-state index contributed by atoms with van der Waals surface area (Å²) in [5.74, 6) is -0.0266. The van der Waals surface area contributed by atoms with Crippen LogP contribution in [0, 0.1) is 0 Å². The molecule has 2 unspecified atom stereocenters. The minimum Gasteiger partial charge on any atom is -0.389 e. The molecular weight excluding hydrogens is 270 g/mol. The lowest BCUT2D eigenvalue weighted by molar-refractivity contribution is 0.0896. The fourth-order valence-corrected chi connectivity index (χ4v) is 2.61. The van der Waals surface area contributed by atoms with Crippen LogP contribution in [0.1, 0.15) is 35.7 Å². The number of nitrogens with two attached hydrogens (primary N) is 1. The van der Waals surface area contributed by atoms with Crippen molar-refractivity contribution in [2.24, 2.45) is 5.73 Å². The normalized spacial score (nSPS) is 23.3. The number of hydrogen-bond donors (Lipinski definition) is 2. The molecule has 1 saturated heterocycles. The summed E-state index contributed by atoms with van der Waals surface area (Å²) in [6.07, 6.45) is 1.99. The lowest BCUT2D eigenvalue weighted by atomic mass is 9.98. The van der Waals surface area contributed by atoms with Crippen molar-refractivity contribution in [3.05, 3.63) is 35.4 Å². The van der Waals surface area contributed by atoms with Crippen molar-refractivity contribution in [1.82, 2.24) is 10.2 Å². The molecule has 1 aliphatic rings. The number of thiocarbonyl (C=S) groups is 1. The molecule has 20 heavy (non-hydrogen) atoms. The van der Waals surface area contributed by atoms with Gasteiger partial charge in [0.05, 0.1) is 0 Å². The molecule has 4 nitrogen and oxygen atoms in total. The molecule has 1 heterocycles. The van der Waals surface area contributed by atoms with Crippen molar-refractivity contribution >= 4 is 23.1 Å². The molecule has 0 aromatic heterocycles. The predicted molar refractivity (Wildman–Crippen MR) is 84.9 cm³/mol. The second kappa shape index (κ2) is 6.33. The average Bonchev–Trinajstić information content (AvgIpc) is 2.43. The van der Waals surface area contributed by atoms with E-state index < -0.39 is 0 Å². The highest BCUT2D eigenvalue weighted by Crippen LogP contribution is 2.16. The average molecular weight is 291 g/mol. The van der Waals surface area contributed by atoms with Gasteiger partial charge in [0.25, 0.3) is 5.91 Å². The Morgan fingerprint density at radius 1 is 1.35 bits per heavy atom. The number of nitrogens with zero attached hydrogens (tertiary/aromatic N) is 1. The standard InChI is InChI=1S/C15H21N3OS/c1-10-9-13(7-8-18(10)2)17-15(19)12-5-3-11(4-6-12)14(16)20/h3-6,10,13H,7-9H2,1-2H3,(H2,16,20)(H,17,19). The van der Waals surface area contributed by atoms with Crippen molar-refractivity contribution < 1.29 is 4.79 Å². The number of benzene rings is 1. The summed E-state index contributed by atoms with van der Waals surface area (Å²) in [6.45, 7) is 3.21. The Morgan fingerprint density at radius 2 is 1.95 bits per heavy atom. The monoisotopic (exact) mass is 291 g/mol. The summed E-state index contributed by atoms with van der Waals surface area (Å²) in [7, 11) is 2.12. The molecular formula is C15H21N3OS. The molecule has 1 aromatic carbocycles. The molecule has 1 fully saturated rings. The Bertz CT molecular complexity index is 500. The third kappa shape index (κ3) is 3.55. The largest absolute Gasteiger partial charge is 0.389 e. The van der Waals surface area contributed by atoms with Crippen LogP contribution in [0.15, 0.2) is 24.3 Å². The summed E-state index contributed by atoms with van der Waals surface area (Å²) in [6, 6.07) is 7.86. The minimum absolute atomic E-state index is 0.0266. The molecule has 2 atom stereocenters. The summed E-state index contributed by atoms with van der Waals surface area (Å²) in [4.78, 5) is 14.9. The molecule has 1 aromatic rings. The van der Waals surface area contributed by atoms with Crippen molar-refractivity contribution in [3.63, 3.8) is 0 Å². The number of piperidine rings is 1. The van der Waals surface area contributed by atoms with Gasteiger partial charge >= 0.3 is 0 Å². The number of hydrogen-bond acceptors (Lipinski definition) is 3. The van der Waals surface area contributed by atoms with E-state index in [-0.39, 0.29) is 11.9 Å². The van der Waals surface area contributed by atoms with Crippen molar-refractivity contribution in [3.8, 4) is 0 Å². The second-order valence-electron chi connectivity index (χ2n) is 5.47. The van der Waals surface area contributed by atoms with Crippen molar-refractivity contribution in [2.45, 2.75) is 31.8 Å². The first-order valence-electron chi connectivity index (χ1n) is 6.88. The van der Waals surface area contributed by atoms with E-state index in [2.05, 4.69) is 24.2 Å². The van der Waals surface area contributed by atoms with Gasteiger partial charge in [-0.2, -0.15) is 0 Å². The zero-order valence-corrected chi connectivity index (χ0v) is 12.7. The van der Waals surface area contributed by atoms with Crippen LogP contribution in [0.5, 0.6) is 0 Å². The first kappa shape index (κ1) is 14.9. The number of carbonyl (C=O) groups is 1. The van der Waals surface area contributed by atoms with Gasteiger partial charge in [0, 0.05) is 29.8 Å². The molecule has 0 spiro atoms. The maximum absolute atomic E-state index is 12.2. The minimum atomic E-state index is -0.0266. The van der Waals surface area contributed by atoms with E-state index in [1.54, 1.807) is 24.3 Å². The molecule has 3 N–H and O–H groups in total. The van der Waals surface area contributed by atoms with E-state index in [1.165, 1.54) is 0 Å². The summed E-state index contributed by atoms with van der Waals surface area (Å²) < 4.78 is 0. The molecule has 0 saturated carbocycles. The summed E-state index contributed by atoms with van der Waals surface area (Å²) in [5.41, 5.74) is 6.98. The Morgan fingerprint density at radius 3 is 2.50 bits per heavy atom. The highest BCUT2D eigenvalue weighted by Gasteiger charge is 2.24. The van der Waals surface area contributed by atoms with Gasteiger partial charge in [-0.1, -0.05) is 24.4 Å². The Labute approximate surface area is 125 Å². The van der Waals surface area contributed by atoms with Crippen LogP contribution in [0.25, 0.3) is 0 Å². The molecule has 0 aliphatic carbocycles. The highest BCUT2D eigenvalue weighted by molar-refractivity contribution is 7.80. The smallest absolute Gasteiger partial charge is 0.251 e.